The van der Waals surface area contributed by atoms with Crippen molar-refractivity contribution in [2.45, 2.75) is 13.5 Å². The van der Waals surface area contributed by atoms with Gasteiger partial charge in [-0.05, 0) is 23.6 Å². The van der Waals surface area contributed by atoms with Crippen molar-refractivity contribution in [3.05, 3.63) is 77.4 Å². The van der Waals surface area contributed by atoms with Gasteiger partial charge in [-0.25, -0.2) is 5.43 Å². The molecule has 0 bridgehead atoms. The molecule has 5 nitrogen and oxygen atoms in total. The van der Waals surface area contributed by atoms with Crippen LogP contribution in [0.2, 0.25) is 0 Å². The van der Waals surface area contributed by atoms with Gasteiger partial charge in [0, 0.05) is 32.7 Å². The molecule has 0 aliphatic carbocycles. The largest absolute Gasteiger partial charge is 0.297 e. The van der Waals surface area contributed by atoms with Crippen molar-refractivity contribution >= 4 is 18.2 Å². The van der Waals surface area contributed by atoms with Gasteiger partial charge in [-0.1, -0.05) is 66.7 Å². The number of piperazine rings is 1. The Morgan fingerprint density at radius 1 is 0.964 bits per heavy atom. The lowest BCUT2D eigenvalue weighted by molar-refractivity contribution is -0.122. The second-order valence-corrected chi connectivity index (χ2v) is 7.13. The maximum atomic E-state index is 12.1. The zero-order chi connectivity index (χ0) is 19.6. The Kier molecular flexibility index (Phi) is 7.53. The van der Waals surface area contributed by atoms with Gasteiger partial charge in [0.05, 0.1) is 12.8 Å². The third-order valence-corrected chi connectivity index (χ3v) is 4.73. The van der Waals surface area contributed by atoms with Crippen LogP contribution in [-0.2, 0) is 11.3 Å². The molecule has 5 heteroatoms. The van der Waals surface area contributed by atoms with Crippen LogP contribution in [0.15, 0.2) is 71.3 Å². The number of hydrogen-bond donors (Lipinski definition) is 1. The van der Waals surface area contributed by atoms with Gasteiger partial charge in [0.1, 0.15) is 0 Å². The van der Waals surface area contributed by atoms with E-state index in [0.717, 1.165) is 43.9 Å². The molecule has 1 N–H and O–H groups in total. The first-order chi connectivity index (χ1) is 13.7. The number of benzene rings is 2. The smallest absolute Gasteiger partial charge is 0.254 e. The molecule has 1 saturated heterocycles. The topological polar surface area (TPSA) is 47.9 Å². The minimum Gasteiger partial charge on any atom is -0.297 e. The summed E-state index contributed by atoms with van der Waals surface area (Å²) in [6.45, 7) is 7.08. The zero-order valence-corrected chi connectivity index (χ0v) is 16.4. The SMILES string of the molecule is CC(=C/c1ccccc1)/C=N/NC(=O)CN1CCN(Cc2ccccc2)CC1. The maximum absolute atomic E-state index is 12.1. The maximum Gasteiger partial charge on any atom is 0.254 e. The Labute approximate surface area is 167 Å². The molecular weight excluding hydrogens is 348 g/mol. The Bertz CT molecular complexity index is 794. The molecule has 1 amide bonds. The molecule has 0 atom stereocenters. The van der Waals surface area contributed by atoms with Crippen LogP contribution in [0.3, 0.4) is 0 Å². The summed E-state index contributed by atoms with van der Waals surface area (Å²) >= 11 is 0. The molecule has 28 heavy (non-hydrogen) atoms. The van der Waals surface area contributed by atoms with Crippen molar-refractivity contribution in [1.29, 1.82) is 0 Å². The second-order valence-electron chi connectivity index (χ2n) is 7.13. The number of hydrogen-bond acceptors (Lipinski definition) is 4. The number of carbonyl (C=O) groups is 1. The fraction of sp³-hybridized carbons (Fsp3) is 0.304. The zero-order valence-electron chi connectivity index (χ0n) is 16.4. The molecule has 0 radical (unpaired) electrons. The van der Waals surface area contributed by atoms with Crippen molar-refractivity contribution < 1.29 is 4.79 Å². The van der Waals surface area contributed by atoms with Gasteiger partial charge in [-0.2, -0.15) is 5.10 Å². The van der Waals surface area contributed by atoms with Crippen LogP contribution in [0.25, 0.3) is 6.08 Å². The van der Waals surface area contributed by atoms with Crippen LogP contribution >= 0.6 is 0 Å². The Hall–Kier alpha value is -2.76. The van der Waals surface area contributed by atoms with E-state index in [4.69, 9.17) is 0 Å². The Morgan fingerprint density at radius 2 is 1.57 bits per heavy atom. The number of rotatable bonds is 7. The van der Waals surface area contributed by atoms with Gasteiger partial charge in [0.15, 0.2) is 0 Å². The number of allylic oxidation sites excluding steroid dienone is 1. The molecule has 1 heterocycles. The Balaban J connectivity index is 1.37. The lowest BCUT2D eigenvalue weighted by Gasteiger charge is -2.34. The summed E-state index contributed by atoms with van der Waals surface area (Å²) in [5.41, 5.74) is 6.07. The van der Waals surface area contributed by atoms with Gasteiger partial charge in [-0.15, -0.1) is 0 Å². The molecule has 146 valence electrons. The second kappa shape index (κ2) is 10.5. The predicted molar refractivity (Wildman–Crippen MR) is 115 cm³/mol. The summed E-state index contributed by atoms with van der Waals surface area (Å²) in [4.78, 5) is 16.7. The predicted octanol–water partition coefficient (Wildman–Crippen LogP) is 3.01. The van der Waals surface area contributed by atoms with Gasteiger partial charge in [0.25, 0.3) is 5.91 Å². The van der Waals surface area contributed by atoms with E-state index in [1.807, 2.05) is 49.4 Å². The lowest BCUT2D eigenvalue weighted by Crippen LogP contribution is -2.48. The summed E-state index contributed by atoms with van der Waals surface area (Å²) in [5, 5.41) is 4.07. The molecular formula is C23H28N4O. The van der Waals surface area contributed by atoms with Crippen molar-refractivity contribution in [2.75, 3.05) is 32.7 Å². The summed E-state index contributed by atoms with van der Waals surface area (Å²) in [6.07, 6.45) is 3.71. The highest BCUT2D eigenvalue weighted by Crippen LogP contribution is 2.08. The average Bonchev–Trinajstić information content (AvgIpc) is 2.71. The van der Waals surface area contributed by atoms with Crippen molar-refractivity contribution in [3.8, 4) is 0 Å². The van der Waals surface area contributed by atoms with E-state index in [2.05, 4.69) is 44.6 Å². The molecule has 2 aromatic carbocycles. The van der Waals surface area contributed by atoms with E-state index < -0.39 is 0 Å². The van der Waals surface area contributed by atoms with Crippen molar-refractivity contribution in [1.82, 2.24) is 15.2 Å². The van der Waals surface area contributed by atoms with Crippen LogP contribution < -0.4 is 5.43 Å². The number of carbonyl (C=O) groups excluding carboxylic acids is 1. The van der Waals surface area contributed by atoms with Gasteiger partial charge >= 0.3 is 0 Å². The number of nitrogens with one attached hydrogen (secondary N) is 1. The molecule has 0 saturated carbocycles. The first kappa shape index (κ1) is 20.0. The number of nitrogens with zero attached hydrogens (tertiary/aromatic N) is 3. The number of amides is 1. The van der Waals surface area contributed by atoms with E-state index in [0.29, 0.717) is 6.54 Å². The molecule has 2 aromatic rings. The number of hydrazone groups is 1. The third kappa shape index (κ3) is 6.76. The summed E-state index contributed by atoms with van der Waals surface area (Å²) in [5.74, 6) is -0.0692. The standard InChI is InChI=1S/C23H28N4O/c1-20(16-21-8-4-2-5-9-21)17-24-25-23(28)19-27-14-12-26(13-15-27)18-22-10-6-3-7-11-22/h2-11,16-17H,12-15,18-19H2,1H3,(H,25,28)/b20-16-,24-17+. The third-order valence-electron chi connectivity index (χ3n) is 4.73. The highest BCUT2D eigenvalue weighted by Gasteiger charge is 2.18. The van der Waals surface area contributed by atoms with Crippen molar-refractivity contribution in [2.24, 2.45) is 5.10 Å². The molecule has 1 aliphatic rings. The van der Waals surface area contributed by atoms with E-state index in [-0.39, 0.29) is 5.91 Å². The van der Waals surface area contributed by atoms with E-state index in [1.165, 1.54) is 5.56 Å². The highest BCUT2D eigenvalue weighted by molar-refractivity contribution is 5.86. The first-order valence-corrected chi connectivity index (χ1v) is 9.73. The molecule has 0 unspecified atom stereocenters. The lowest BCUT2D eigenvalue weighted by atomic mass is 10.1. The molecule has 1 aliphatic heterocycles. The van der Waals surface area contributed by atoms with Crippen LogP contribution in [0.5, 0.6) is 0 Å². The fourth-order valence-corrected chi connectivity index (χ4v) is 3.24. The van der Waals surface area contributed by atoms with E-state index in [1.54, 1.807) is 6.21 Å². The molecule has 3 rings (SSSR count). The Morgan fingerprint density at radius 3 is 2.25 bits per heavy atom. The summed E-state index contributed by atoms with van der Waals surface area (Å²) < 4.78 is 0. The van der Waals surface area contributed by atoms with Gasteiger partial charge in [-0.3, -0.25) is 14.6 Å². The van der Waals surface area contributed by atoms with Crippen LogP contribution in [0, 0.1) is 0 Å². The fourth-order valence-electron chi connectivity index (χ4n) is 3.24. The minimum atomic E-state index is -0.0692. The van der Waals surface area contributed by atoms with Crippen molar-refractivity contribution in [3.63, 3.8) is 0 Å². The quantitative estimate of drug-likeness (QED) is 0.597. The van der Waals surface area contributed by atoms with Crippen LogP contribution in [-0.4, -0.2) is 54.6 Å². The monoisotopic (exact) mass is 376 g/mol. The average molecular weight is 377 g/mol. The van der Waals surface area contributed by atoms with E-state index in [9.17, 15) is 4.79 Å². The summed E-state index contributed by atoms with van der Waals surface area (Å²) in [6, 6.07) is 20.6. The normalized spacial score (nSPS) is 16.4. The first-order valence-electron chi connectivity index (χ1n) is 9.73. The molecule has 0 spiro atoms. The van der Waals surface area contributed by atoms with Crippen LogP contribution in [0.1, 0.15) is 18.1 Å². The molecule has 0 aromatic heterocycles. The highest BCUT2D eigenvalue weighted by atomic mass is 16.2. The molecule has 1 fully saturated rings. The van der Waals surface area contributed by atoms with E-state index >= 15 is 0 Å². The van der Waals surface area contributed by atoms with Gasteiger partial charge in [0.2, 0.25) is 0 Å². The van der Waals surface area contributed by atoms with Crippen LogP contribution in [0.4, 0.5) is 0 Å². The summed E-state index contributed by atoms with van der Waals surface area (Å²) in [7, 11) is 0. The van der Waals surface area contributed by atoms with Gasteiger partial charge < -0.3 is 0 Å². The minimum absolute atomic E-state index is 0.0692.